The minimum atomic E-state index is 0.479. The lowest BCUT2D eigenvalue weighted by atomic mass is 10.00. The molecule has 0 radical (unpaired) electrons. The van der Waals surface area contributed by atoms with Crippen LogP contribution in [0.5, 0.6) is 5.75 Å². The summed E-state index contributed by atoms with van der Waals surface area (Å²) in [5.74, 6) is 1.43. The molecule has 0 aliphatic rings. The van der Waals surface area contributed by atoms with E-state index in [1.54, 1.807) is 7.11 Å². The van der Waals surface area contributed by atoms with Crippen LogP contribution in [-0.2, 0) is 0 Å². The molecule has 0 heterocycles. The van der Waals surface area contributed by atoms with Gasteiger partial charge in [0.25, 0.3) is 0 Å². The van der Waals surface area contributed by atoms with Gasteiger partial charge in [-0.05, 0) is 23.1 Å². The van der Waals surface area contributed by atoms with Gasteiger partial charge in [0.1, 0.15) is 5.75 Å². The fourth-order valence-electron chi connectivity index (χ4n) is 1.51. The quantitative estimate of drug-likeness (QED) is 0.820. The van der Waals surface area contributed by atoms with Crippen molar-refractivity contribution in [2.24, 2.45) is 5.73 Å². The molecular formula is C13H19NO. The summed E-state index contributed by atoms with van der Waals surface area (Å²) in [7, 11) is 1.71. The van der Waals surface area contributed by atoms with Gasteiger partial charge < -0.3 is 10.5 Å². The lowest BCUT2D eigenvalue weighted by Gasteiger charge is -2.12. The topological polar surface area (TPSA) is 35.2 Å². The molecule has 1 aromatic carbocycles. The second kappa shape index (κ2) is 5.56. The van der Waals surface area contributed by atoms with E-state index in [4.69, 9.17) is 10.5 Å². The first-order valence-corrected chi connectivity index (χ1v) is 5.23. The third kappa shape index (κ3) is 3.10. The van der Waals surface area contributed by atoms with E-state index in [2.05, 4.69) is 26.0 Å². The fraction of sp³-hybridized carbons (Fsp3) is 0.385. The van der Waals surface area contributed by atoms with Gasteiger partial charge in [-0.1, -0.05) is 38.1 Å². The zero-order valence-corrected chi connectivity index (χ0v) is 9.66. The van der Waals surface area contributed by atoms with Gasteiger partial charge in [-0.3, -0.25) is 0 Å². The van der Waals surface area contributed by atoms with Gasteiger partial charge in [0.15, 0.2) is 0 Å². The number of benzene rings is 1. The van der Waals surface area contributed by atoms with E-state index in [-0.39, 0.29) is 0 Å². The van der Waals surface area contributed by atoms with Crippen molar-refractivity contribution < 1.29 is 4.74 Å². The molecule has 0 atom stereocenters. The number of hydrogen-bond donors (Lipinski definition) is 1. The third-order valence-electron chi connectivity index (χ3n) is 2.33. The van der Waals surface area contributed by atoms with Gasteiger partial charge in [-0.15, -0.1) is 0 Å². The molecule has 0 bridgehead atoms. The Kier molecular flexibility index (Phi) is 4.37. The monoisotopic (exact) mass is 205 g/mol. The Morgan fingerprint density at radius 1 is 1.40 bits per heavy atom. The Morgan fingerprint density at radius 2 is 2.13 bits per heavy atom. The number of hydrogen-bond acceptors (Lipinski definition) is 2. The second-order valence-corrected chi connectivity index (χ2v) is 3.79. The van der Waals surface area contributed by atoms with Crippen LogP contribution in [0, 0.1) is 0 Å². The van der Waals surface area contributed by atoms with Gasteiger partial charge in [-0.25, -0.2) is 0 Å². The van der Waals surface area contributed by atoms with Crippen LogP contribution in [0.4, 0.5) is 0 Å². The molecular weight excluding hydrogens is 186 g/mol. The van der Waals surface area contributed by atoms with Crippen LogP contribution in [0.1, 0.15) is 30.9 Å². The van der Waals surface area contributed by atoms with Gasteiger partial charge in [-0.2, -0.15) is 0 Å². The zero-order valence-electron chi connectivity index (χ0n) is 9.66. The Balaban J connectivity index is 3.02. The van der Waals surface area contributed by atoms with E-state index in [1.165, 1.54) is 5.56 Å². The summed E-state index contributed by atoms with van der Waals surface area (Å²) in [5.41, 5.74) is 7.77. The highest BCUT2D eigenvalue weighted by Gasteiger charge is 2.06. The molecule has 0 aliphatic heterocycles. The summed E-state index contributed by atoms with van der Waals surface area (Å²) in [5, 5.41) is 0. The first kappa shape index (κ1) is 11.8. The fourth-order valence-corrected chi connectivity index (χ4v) is 1.51. The molecule has 0 saturated heterocycles. The van der Waals surface area contributed by atoms with Crippen molar-refractivity contribution in [1.29, 1.82) is 0 Å². The number of methoxy groups -OCH3 is 1. The second-order valence-electron chi connectivity index (χ2n) is 3.79. The molecule has 0 amide bonds. The molecule has 0 unspecified atom stereocenters. The van der Waals surface area contributed by atoms with Crippen molar-refractivity contribution in [1.82, 2.24) is 0 Å². The summed E-state index contributed by atoms with van der Waals surface area (Å²) < 4.78 is 5.36. The molecule has 15 heavy (non-hydrogen) atoms. The maximum Gasteiger partial charge on any atom is 0.122 e. The Labute approximate surface area is 91.7 Å². The average molecular weight is 205 g/mol. The van der Waals surface area contributed by atoms with Crippen molar-refractivity contribution in [2.45, 2.75) is 19.8 Å². The van der Waals surface area contributed by atoms with Gasteiger partial charge in [0.2, 0.25) is 0 Å². The van der Waals surface area contributed by atoms with Crippen molar-refractivity contribution in [3.63, 3.8) is 0 Å². The lowest BCUT2D eigenvalue weighted by Crippen LogP contribution is -1.95. The van der Waals surface area contributed by atoms with Crippen molar-refractivity contribution in [2.75, 3.05) is 13.7 Å². The van der Waals surface area contributed by atoms with E-state index in [0.29, 0.717) is 12.5 Å². The van der Waals surface area contributed by atoms with Gasteiger partial charge in [0.05, 0.1) is 7.11 Å². The molecule has 82 valence electrons. The first-order valence-electron chi connectivity index (χ1n) is 5.23. The number of rotatable bonds is 4. The van der Waals surface area contributed by atoms with Crippen LogP contribution in [0.15, 0.2) is 24.3 Å². The number of ether oxygens (including phenoxy) is 1. The molecule has 0 aliphatic carbocycles. The highest BCUT2D eigenvalue weighted by Crippen LogP contribution is 2.27. The molecule has 0 spiro atoms. The van der Waals surface area contributed by atoms with Crippen molar-refractivity contribution >= 4 is 6.08 Å². The van der Waals surface area contributed by atoms with Gasteiger partial charge in [0, 0.05) is 6.54 Å². The molecule has 2 N–H and O–H groups in total. The van der Waals surface area contributed by atoms with Crippen LogP contribution < -0.4 is 10.5 Å². The minimum absolute atomic E-state index is 0.479. The summed E-state index contributed by atoms with van der Waals surface area (Å²) in [4.78, 5) is 0. The van der Waals surface area contributed by atoms with Crippen LogP contribution in [0.3, 0.4) is 0 Å². The smallest absolute Gasteiger partial charge is 0.122 e. The minimum Gasteiger partial charge on any atom is -0.496 e. The highest BCUT2D eigenvalue weighted by molar-refractivity contribution is 5.54. The normalized spacial score (nSPS) is 11.3. The molecule has 2 heteroatoms. The first-order chi connectivity index (χ1) is 7.19. The Hall–Kier alpha value is -1.28. The Bertz CT molecular complexity index is 342. The van der Waals surface area contributed by atoms with Gasteiger partial charge >= 0.3 is 0 Å². The molecule has 0 fully saturated rings. The SMILES string of the molecule is COc1cc(/C=C/CN)ccc1C(C)C. The zero-order chi connectivity index (χ0) is 11.3. The molecule has 1 rings (SSSR count). The van der Waals surface area contributed by atoms with E-state index >= 15 is 0 Å². The van der Waals surface area contributed by atoms with Crippen LogP contribution >= 0.6 is 0 Å². The summed E-state index contributed by atoms with van der Waals surface area (Å²) in [6, 6.07) is 6.24. The third-order valence-corrected chi connectivity index (χ3v) is 2.33. The molecule has 2 nitrogen and oxygen atoms in total. The van der Waals surface area contributed by atoms with E-state index in [0.717, 1.165) is 11.3 Å². The summed E-state index contributed by atoms with van der Waals surface area (Å²) >= 11 is 0. The van der Waals surface area contributed by atoms with Crippen LogP contribution in [0.2, 0.25) is 0 Å². The number of nitrogens with two attached hydrogens (primary N) is 1. The standard InChI is InChI=1S/C13H19NO/c1-10(2)12-7-6-11(5-4-8-14)9-13(12)15-3/h4-7,9-10H,8,14H2,1-3H3/b5-4+. The Morgan fingerprint density at radius 3 is 2.67 bits per heavy atom. The van der Waals surface area contributed by atoms with E-state index in [1.807, 2.05) is 18.2 Å². The summed E-state index contributed by atoms with van der Waals surface area (Å²) in [6.45, 7) is 4.88. The van der Waals surface area contributed by atoms with Crippen molar-refractivity contribution in [3.05, 3.63) is 35.4 Å². The predicted octanol–water partition coefficient (Wildman–Crippen LogP) is 2.79. The van der Waals surface area contributed by atoms with E-state index in [9.17, 15) is 0 Å². The van der Waals surface area contributed by atoms with Crippen molar-refractivity contribution in [3.8, 4) is 5.75 Å². The van der Waals surface area contributed by atoms with E-state index < -0.39 is 0 Å². The van der Waals surface area contributed by atoms with Crippen LogP contribution in [0.25, 0.3) is 6.08 Å². The lowest BCUT2D eigenvalue weighted by molar-refractivity contribution is 0.407. The largest absolute Gasteiger partial charge is 0.496 e. The summed E-state index contributed by atoms with van der Waals surface area (Å²) in [6.07, 6.45) is 3.94. The molecule has 0 saturated carbocycles. The molecule has 1 aromatic rings. The maximum absolute atomic E-state index is 5.41. The highest BCUT2D eigenvalue weighted by atomic mass is 16.5. The maximum atomic E-state index is 5.41. The predicted molar refractivity (Wildman–Crippen MR) is 65.2 cm³/mol. The molecule has 0 aromatic heterocycles. The van der Waals surface area contributed by atoms with Crippen LogP contribution in [-0.4, -0.2) is 13.7 Å². The average Bonchev–Trinajstić information content (AvgIpc) is 2.25.